The van der Waals surface area contributed by atoms with Crippen LogP contribution in [0.25, 0.3) is 0 Å². The summed E-state index contributed by atoms with van der Waals surface area (Å²) in [5.74, 6) is 0. The first-order valence-electron chi connectivity index (χ1n) is 5.84. The fourth-order valence-corrected chi connectivity index (χ4v) is 1.61. The van der Waals surface area contributed by atoms with Crippen LogP contribution in [-0.2, 0) is 10.8 Å². The van der Waals surface area contributed by atoms with Crippen molar-refractivity contribution in [2.75, 3.05) is 13.1 Å². The highest BCUT2D eigenvalue weighted by molar-refractivity contribution is 5.85. The van der Waals surface area contributed by atoms with Gasteiger partial charge in [0.2, 0.25) is 0 Å². The molecule has 0 radical (unpaired) electrons. The van der Waals surface area contributed by atoms with Crippen LogP contribution in [0.4, 0.5) is 0 Å². The van der Waals surface area contributed by atoms with Crippen molar-refractivity contribution in [3.8, 4) is 0 Å². The van der Waals surface area contributed by atoms with E-state index < -0.39 is 0 Å². The lowest BCUT2D eigenvalue weighted by Crippen LogP contribution is -2.30. The van der Waals surface area contributed by atoms with Gasteiger partial charge in [-0.25, -0.2) is 0 Å². The molecule has 0 atom stereocenters. The molecule has 0 heterocycles. The standard InChI is InChI=1S/C14H24N2.ClH/c1-13(2,9-15)11-5-7-12(8-6-11)14(3,4)10-16;/h5-8H,9-10,15-16H2,1-4H3;1H. The van der Waals surface area contributed by atoms with E-state index in [2.05, 4.69) is 52.0 Å². The maximum atomic E-state index is 5.77. The second kappa shape index (κ2) is 5.85. The highest BCUT2D eigenvalue weighted by Crippen LogP contribution is 2.26. The van der Waals surface area contributed by atoms with Gasteiger partial charge in [-0.3, -0.25) is 0 Å². The van der Waals surface area contributed by atoms with E-state index in [9.17, 15) is 0 Å². The highest BCUT2D eigenvalue weighted by Gasteiger charge is 2.21. The van der Waals surface area contributed by atoms with Gasteiger partial charge in [0.05, 0.1) is 0 Å². The minimum Gasteiger partial charge on any atom is -0.330 e. The molecule has 0 spiro atoms. The molecule has 1 rings (SSSR count). The minimum atomic E-state index is 0. The second-order valence-electron chi connectivity index (χ2n) is 5.75. The zero-order valence-electron chi connectivity index (χ0n) is 11.3. The zero-order chi connectivity index (χ0) is 12.4. The number of hydrogen-bond acceptors (Lipinski definition) is 2. The van der Waals surface area contributed by atoms with Crippen LogP contribution in [0.15, 0.2) is 24.3 Å². The van der Waals surface area contributed by atoms with Crippen LogP contribution in [0, 0.1) is 0 Å². The third-order valence-electron chi connectivity index (χ3n) is 3.47. The van der Waals surface area contributed by atoms with Crippen LogP contribution in [0.2, 0.25) is 0 Å². The number of halogens is 1. The van der Waals surface area contributed by atoms with Crippen molar-refractivity contribution in [2.45, 2.75) is 38.5 Å². The first-order chi connectivity index (χ1) is 7.33. The van der Waals surface area contributed by atoms with Crippen molar-refractivity contribution >= 4 is 12.4 Å². The maximum Gasteiger partial charge on any atom is 0.00190 e. The van der Waals surface area contributed by atoms with Crippen LogP contribution in [0.3, 0.4) is 0 Å². The van der Waals surface area contributed by atoms with E-state index in [1.807, 2.05) is 0 Å². The number of nitrogens with two attached hydrogens (primary N) is 2. The summed E-state index contributed by atoms with van der Waals surface area (Å²) in [7, 11) is 0. The molecule has 17 heavy (non-hydrogen) atoms. The van der Waals surface area contributed by atoms with Gasteiger partial charge in [-0.1, -0.05) is 52.0 Å². The average Bonchev–Trinajstić information content (AvgIpc) is 2.29. The van der Waals surface area contributed by atoms with Crippen molar-refractivity contribution in [3.05, 3.63) is 35.4 Å². The lowest BCUT2D eigenvalue weighted by Gasteiger charge is -2.26. The summed E-state index contributed by atoms with van der Waals surface area (Å²) in [4.78, 5) is 0. The topological polar surface area (TPSA) is 52.0 Å². The second-order valence-corrected chi connectivity index (χ2v) is 5.75. The Balaban J connectivity index is 0.00000256. The molecule has 4 N–H and O–H groups in total. The summed E-state index contributed by atoms with van der Waals surface area (Å²) in [5, 5.41) is 0. The Morgan fingerprint density at radius 1 is 0.765 bits per heavy atom. The Morgan fingerprint density at radius 2 is 1.00 bits per heavy atom. The van der Waals surface area contributed by atoms with Crippen molar-refractivity contribution in [1.82, 2.24) is 0 Å². The van der Waals surface area contributed by atoms with Crippen LogP contribution in [0.1, 0.15) is 38.8 Å². The summed E-state index contributed by atoms with van der Waals surface area (Å²) in [6.45, 7) is 9.97. The number of hydrogen-bond donors (Lipinski definition) is 2. The van der Waals surface area contributed by atoms with Crippen molar-refractivity contribution in [1.29, 1.82) is 0 Å². The predicted octanol–water partition coefficient (Wildman–Crippen LogP) is 2.58. The fourth-order valence-electron chi connectivity index (χ4n) is 1.61. The van der Waals surface area contributed by atoms with E-state index in [0.29, 0.717) is 13.1 Å². The summed E-state index contributed by atoms with van der Waals surface area (Å²) in [6.07, 6.45) is 0. The molecule has 0 amide bonds. The molecule has 0 unspecified atom stereocenters. The molecule has 0 aliphatic heterocycles. The molecular formula is C14H25ClN2. The summed E-state index contributed by atoms with van der Waals surface area (Å²) >= 11 is 0. The zero-order valence-corrected chi connectivity index (χ0v) is 12.1. The smallest absolute Gasteiger partial charge is 0.00190 e. The Morgan fingerprint density at radius 3 is 1.18 bits per heavy atom. The lowest BCUT2D eigenvalue weighted by molar-refractivity contribution is 0.528. The van der Waals surface area contributed by atoms with Gasteiger partial charge < -0.3 is 11.5 Å². The van der Waals surface area contributed by atoms with Crippen LogP contribution < -0.4 is 11.5 Å². The molecule has 0 aliphatic carbocycles. The normalized spacial score (nSPS) is 12.1. The third-order valence-corrected chi connectivity index (χ3v) is 3.47. The third kappa shape index (κ3) is 3.70. The van der Waals surface area contributed by atoms with Crippen molar-refractivity contribution < 1.29 is 0 Å². The molecule has 2 nitrogen and oxygen atoms in total. The minimum absolute atomic E-state index is 0. The number of benzene rings is 1. The van der Waals surface area contributed by atoms with E-state index >= 15 is 0 Å². The van der Waals surface area contributed by atoms with Gasteiger partial charge >= 0.3 is 0 Å². The molecule has 0 bridgehead atoms. The Hall–Kier alpha value is -0.570. The molecule has 0 aromatic heterocycles. The van der Waals surface area contributed by atoms with Gasteiger partial charge in [0.25, 0.3) is 0 Å². The van der Waals surface area contributed by atoms with E-state index in [-0.39, 0.29) is 23.2 Å². The molecule has 0 aliphatic rings. The Labute approximate surface area is 111 Å². The highest BCUT2D eigenvalue weighted by atomic mass is 35.5. The van der Waals surface area contributed by atoms with E-state index in [4.69, 9.17) is 11.5 Å². The van der Waals surface area contributed by atoms with Crippen molar-refractivity contribution in [3.63, 3.8) is 0 Å². The quantitative estimate of drug-likeness (QED) is 0.870. The largest absolute Gasteiger partial charge is 0.330 e. The first kappa shape index (κ1) is 16.4. The van der Waals surface area contributed by atoms with Crippen LogP contribution in [0.5, 0.6) is 0 Å². The van der Waals surface area contributed by atoms with Gasteiger partial charge in [0.15, 0.2) is 0 Å². The van der Waals surface area contributed by atoms with E-state index in [1.54, 1.807) is 0 Å². The summed E-state index contributed by atoms with van der Waals surface area (Å²) in [5.41, 5.74) is 14.2. The molecule has 3 heteroatoms. The molecule has 1 aromatic carbocycles. The van der Waals surface area contributed by atoms with Crippen LogP contribution >= 0.6 is 12.4 Å². The summed E-state index contributed by atoms with van der Waals surface area (Å²) in [6, 6.07) is 8.67. The Kier molecular flexibility index (Phi) is 5.66. The molecule has 98 valence electrons. The Bertz CT molecular complexity index is 307. The lowest BCUT2D eigenvalue weighted by atomic mass is 9.80. The SMILES string of the molecule is CC(C)(CN)c1ccc(C(C)(C)CN)cc1.Cl. The van der Waals surface area contributed by atoms with E-state index in [1.165, 1.54) is 11.1 Å². The maximum absolute atomic E-state index is 5.77. The molecule has 0 saturated carbocycles. The van der Waals surface area contributed by atoms with E-state index in [0.717, 1.165) is 0 Å². The molecule has 0 saturated heterocycles. The molecular weight excluding hydrogens is 232 g/mol. The first-order valence-corrected chi connectivity index (χ1v) is 5.84. The van der Waals surface area contributed by atoms with Gasteiger partial charge in [0.1, 0.15) is 0 Å². The predicted molar refractivity (Wildman–Crippen MR) is 77.9 cm³/mol. The monoisotopic (exact) mass is 256 g/mol. The summed E-state index contributed by atoms with van der Waals surface area (Å²) < 4.78 is 0. The van der Waals surface area contributed by atoms with Gasteiger partial charge in [-0.2, -0.15) is 0 Å². The molecule has 1 aromatic rings. The van der Waals surface area contributed by atoms with Gasteiger partial charge in [0, 0.05) is 23.9 Å². The fraction of sp³-hybridized carbons (Fsp3) is 0.571. The van der Waals surface area contributed by atoms with Gasteiger partial charge in [-0.15, -0.1) is 12.4 Å². The number of rotatable bonds is 4. The average molecular weight is 257 g/mol. The van der Waals surface area contributed by atoms with Crippen LogP contribution in [-0.4, -0.2) is 13.1 Å². The van der Waals surface area contributed by atoms with Gasteiger partial charge in [-0.05, 0) is 11.1 Å². The van der Waals surface area contributed by atoms with Crippen molar-refractivity contribution in [2.24, 2.45) is 11.5 Å². The molecule has 0 fully saturated rings.